The van der Waals surface area contributed by atoms with Gasteiger partial charge in [-0.2, -0.15) is 18.4 Å². The zero-order valence-corrected chi connectivity index (χ0v) is 18.5. The normalized spacial score (nSPS) is 14.4. The fourth-order valence-corrected chi connectivity index (χ4v) is 3.89. The number of alkyl halides is 3. The molecule has 4 rings (SSSR count). The van der Waals surface area contributed by atoms with Gasteiger partial charge in [-0.25, -0.2) is 4.98 Å². The van der Waals surface area contributed by atoms with Gasteiger partial charge in [0, 0.05) is 36.7 Å². The molecule has 0 radical (unpaired) electrons. The van der Waals surface area contributed by atoms with E-state index in [0.717, 1.165) is 37.0 Å². The standard InChI is InChI=1S/C25H24F3N5O/c26-25(27,28)17-33-23(2-1-9-30-22-5-4-21(14-29)32-16-22)13-19-12-18(3-6-24(19)33)15-31-20-7-10-34-11-8-20/h3-6,12-13,16,20,30-31H,7-11,15,17H2. The molecule has 3 heterocycles. The predicted octanol–water partition coefficient (Wildman–Crippen LogP) is 4.20. The lowest BCUT2D eigenvalue weighted by Crippen LogP contribution is -2.34. The largest absolute Gasteiger partial charge is 0.406 e. The average Bonchev–Trinajstić information content (AvgIpc) is 3.16. The van der Waals surface area contributed by atoms with E-state index in [1.165, 1.54) is 10.8 Å². The number of aromatic nitrogens is 2. The summed E-state index contributed by atoms with van der Waals surface area (Å²) in [5.74, 6) is 5.75. The quantitative estimate of drug-likeness (QED) is 0.532. The first-order valence-electron chi connectivity index (χ1n) is 11.0. The van der Waals surface area contributed by atoms with Crippen LogP contribution in [0.1, 0.15) is 29.8 Å². The Bertz CT molecular complexity index is 1230. The van der Waals surface area contributed by atoms with Crippen LogP contribution in [0.5, 0.6) is 0 Å². The summed E-state index contributed by atoms with van der Waals surface area (Å²) in [5, 5.41) is 16.1. The minimum absolute atomic E-state index is 0.224. The third-order valence-corrected chi connectivity index (χ3v) is 5.59. The Morgan fingerprint density at radius 1 is 1.15 bits per heavy atom. The van der Waals surface area contributed by atoms with Crippen molar-refractivity contribution in [3.05, 3.63) is 59.5 Å². The van der Waals surface area contributed by atoms with Gasteiger partial charge in [-0.1, -0.05) is 12.0 Å². The van der Waals surface area contributed by atoms with Crippen LogP contribution in [0, 0.1) is 23.2 Å². The molecule has 0 atom stereocenters. The molecule has 0 amide bonds. The number of fused-ring (bicyclic) bond motifs is 1. The maximum absolute atomic E-state index is 13.3. The smallest absolute Gasteiger partial charge is 0.381 e. The highest BCUT2D eigenvalue weighted by Gasteiger charge is 2.29. The van der Waals surface area contributed by atoms with Crippen molar-refractivity contribution in [2.24, 2.45) is 0 Å². The van der Waals surface area contributed by atoms with Gasteiger partial charge in [0.1, 0.15) is 18.3 Å². The maximum atomic E-state index is 13.3. The Kier molecular flexibility index (Phi) is 7.36. The Balaban J connectivity index is 1.50. The monoisotopic (exact) mass is 467 g/mol. The van der Waals surface area contributed by atoms with Crippen molar-refractivity contribution in [3.8, 4) is 17.9 Å². The van der Waals surface area contributed by atoms with Gasteiger partial charge in [-0.3, -0.25) is 0 Å². The van der Waals surface area contributed by atoms with Gasteiger partial charge in [-0.15, -0.1) is 0 Å². The number of benzene rings is 1. The van der Waals surface area contributed by atoms with Crippen LogP contribution < -0.4 is 10.6 Å². The number of ether oxygens (including phenoxy) is 1. The number of hydrogen-bond acceptors (Lipinski definition) is 5. The molecular formula is C25H24F3N5O. The summed E-state index contributed by atoms with van der Waals surface area (Å²) in [4.78, 5) is 3.96. The van der Waals surface area contributed by atoms with Gasteiger partial charge >= 0.3 is 6.18 Å². The number of hydrogen-bond donors (Lipinski definition) is 2. The summed E-state index contributed by atoms with van der Waals surface area (Å²) in [6, 6.07) is 12.8. The van der Waals surface area contributed by atoms with E-state index in [0.29, 0.717) is 35.2 Å². The van der Waals surface area contributed by atoms with Crippen LogP contribution in [-0.2, 0) is 17.8 Å². The highest BCUT2D eigenvalue weighted by molar-refractivity contribution is 5.83. The van der Waals surface area contributed by atoms with Crippen LogP contribution in [0.25, 0.3) is 10.9 Å². The second-order valence-electron chi connectivity index (χ2n) is 8.09. The molecule has 176 valence electrons. The number of nitrogens with zero attached hydrogens (tertiary/aromatic N) is 3. The first-order valence-corrected chi connectivity index (χ1v) is 11.0. The minimum atomic E-state index is -4.36. The lowest BCUT2D eigenvalue weighted by atomic mass is 10.1. The highest BCUT2D eigenvalue weighted by atomic mass is 19.4. The number of rotatable bonds is 6. The molecule has 6 nitrogen and oxygen atoms in total. The van der Waals surface area contributed by atoms with Crippen molar-refractivity contribution in [1.29, 1.82) is 5.26 Å². The second kappa shape index (κ2) is 10.6. The SMILES string of the molecule is N#Cc1ccc(NCC#Cc2cc3cc(CNC4CCOCC4)ccc3n2CC(F)(F)F)cn1. The van der Waals surface area contributed by atoms with Crippen LogP contribution in [0.3, 0.4) is 0 Å². The highest BCUT2D eigenvalue weighted by Crippen LogP contribution is 2.26. The van der Waals surface area contributed by atoms with Crippen molar-refractivity contribution < 1.29 is 17.9 Å². The third kappa shape index (κ3) is 6.28. The number of pyridine rings is 1. The van der Waals surface area contributed by atoms with E-state index in [2.05, 4.69) is 27.5 Å². The molecule has 1 aliphatic rings. The van der Waals surface area contributed by atoms with Crippen molar-refractivity contribution >= 4 is 16.6 Å². The number of nitrogens with one attached hydrogen (secondary N) is 2. The van der Waals surface area contributed by atoms with Gasteiger partial charge in [0.15, 0.2) is 0 Å². The third-order valence-electron chi connectivity index (χ3n) is 5.59. The van der Waals surface area contributed by atoms with Gasteiger partial charge < -0.3 is 19.9 Å². The minimum Gasteiger partial charge on any atom is -0.381 e. The van der Waals surface area contributed by atoms with E-state index in [1.54, 1.807) is 24.3 Å². The fraction of sp³-hybridized carbons (Fsp3) is 0.360. The van der Waals surface area contributed by atoms with Gasteiger partial charge in [0.2, 0.25) is 0 Å². The van der Waals surface area contributed by atoms with Crippen LogP contribution >= 0.6 is 0 Å². The van der Waals surface area contributed by atoms with Crippen molar-refractivity contribution in [3.63, 3.8) is 0 Å². The molecule has 1 aromatic carbocycles. The van der Waals surface area contributed by atoms with E-state index >= 15 is 0 Å². The summed E-state index contributed by atoms with van der Waals surface area (Å²) < 4.78 is 46.4. The Labute approximate surface area is 195 Å². The summed E-state index contributed by atoms with van der Waals surface area (Å²) >= 11 is 0. The summed E-state index contributed by atoms with van der Waals surface area (Å²) in [7, 11) is 0. The Morgan fingerprint density at radius 3 is 2.68 bits per heavy atom. The molecule has 34 heavy (non-hydrogen) atoms. The van der Waals surface area contributed by atoms with Gasteiger partial charge in [0.05, 0.1) is 24.1 Å². The average molecular weight is 467 g/mol. The van der Waals surface area contributed by atoms with Crippen LogP contribution in [0.4, 0.5) is 18.9 Å². The van der Waals surface area contributed by atoms with E-state index < -0.39 is 12.7 Å². The van der Waals surface area contributed by atoms with Crippen LogP contribution in [0.15, 0.2) is 42.6 Å². The van der Waals surface area contributed by atoms with E-state index in [-0.39, 0.29) is 6.54 Å². The Hall–Kier alpha value is -3.53. The molecule has 0 spiro atoms. The molecule has 0 aliphatic carbocycles. The summed E-state index contributed by atoms with van der Waals surface area (Å²) in [6.07, 6.45) is -0.943. The van der Waals surface area contributed by atoms with Crippen LogP contribution in [0.2, 0.25) is 0 Å². The van der Waals surface area contributed by atoms with Crippen molar-refractivity contribution in [2.75, 3.05) is 25.1 Å². The molecule has 2 aromatic heterocycles. The molecule has 2 N–H and O–H groups in total. The first-order chi connectivity index (χ1) is 16.4. The lowest BCUT2D eigenvalue weighted by molar-refractivity contribution is -0.140. The molecule has 1 saturated heterocycles. The number of anilines is 1. The topological polar surface area (TPSA) is 74.9 Å². The molecular weight excluding hydrogens is 443 g/mol. The molecule has 1 fully saturated rings. The molecule has 1 aliphatic heterocycles. The molecule has 3 aromatic rings. The molecule has 0 bridgehead atoms. The molecule has 9 heteroatoms. The zero-order chi connectivity index (χ0) is 24.0. The molecule has 0 saturated carbocycles. The second-order valence-corrected chi connectivity index (χ2v) is 8.09. The van der Waals surface area contributed by atoms with E-state index in [4.69, 9.17) is 10.00 Å². The first kappa shape index (κ1) is 23.6. The maximum Gasteiger partial charge on any atom is 0.406 e. The molecule has 0 unspecified atom stereocenters. The van der Waals surface area contributed by atoms with E-state index in [9.17, 15) is 13.2 Å². The Morgan fingerprint density at radius 2 is 1.97 bits per heavy atom. The predicted molar refractivity (Wildman–Crippen MR) is 123 cm³/mol. The number of nitriles is 1. The van der Waals surface area contributed by atoms with E-state index in [1.807, 2.05) is 18.2 Å². The zero-order valence-electron chi connectivity index (χ0n) is 18.5. The fourth-order valence-electron chi connectivity index (χ4n) is 3.89. The summed E-state index contributed by atoms with van der Waals surface area (Å²) in [6.45, 7) is 1.26. The number of halogens is 3. The van der Waals surface area contributed by atoms with Crippen molar-refractivity contribution in [2.45, 2.75) is 38.1 Å². The lowest BCUT2D eigenvalue weighted by Gasteiger charge is -2.23. The summed E-state index contributed by atoms with van der Waals surface area (Å²) in [5.41, 5.74) is 2.79. The van der Waals surface area contributed by atoms with Crippen molar-refractivity contribution in [1.82, 2.24) is 14.9 Å². The van der Waals surface area contributed by atoms with Crippen LogP contribution in [-0.4, -0.2) is 41.5 Å². The van der Waals surface area contributed by atoms with Gasteiger partial charge in [0.25, 0.3) is 0 Å². The van der Waals surface area contributed by atoms with Gasteiger partial charge in [-0.05, 0) is 54.7 Å².